The van der Waals surface area contributed by atoms with E-state index in [0.29, 0.717) is 16.8 Å². The first-order valence-electron chi connectivity index (χ1n) is 6.99. The average molecular weight is 321 g/mol. The topological polar surface area (TPSA) is 103 Å². The third kappa shape index (κ3) is 2.59. The van der Waals surface area contributed by atoms with E-state index in [-0.39, 0.29) is 28.4 Å². The highest BCUT2D eigenvalue weighted by molar-refractivity contribution is 5.80. The number of nitriles is 1. The van der Waals surface area contributed by atoms with Gasteiger partial charge in [0.05, 0.1) is 5.69 Å². The normalized spacial score (nSPS) is 10.3. The van der Waals surface area contributed by atoms with Crippen LogP contribution in [-0.4, -0.2) is 15.2 Å². The number of rotatable bonds is 2. The van der Waals surface area contributed by atoms with E-state index in [1.807, 2.05) is 6.07 Å². The van der Waals surface area contributed by atoms with E-state index in [1.54, 1.807) is 18.2 Å². The lowest BCUT2D eigenvalue weighted by atomic mass is 9.98. The molecule has 3 rings (SSSR count). The molecule has 24 heavy (non-hydrogen) atoms. The lowest BCUT2D eigenvalue weighted by Gasteiger charge is -2.11. The molecule has 0 saturated heterocycles. The van der Waals surface area contributed by atoms with Crippen LogP contribution in [0.2, 0.25) is 0 Å². The summed E-state index contributed by atoms with van der Waals surface area (Å²) in [7, 11) is 0. The number of nitrogen functional groups attached to an aromatic ring is 1. The van der Waals surface area contributed by atoms with Gasteiger partial charge < -0.3 is 15.9 Å². The van der Waals surface area contributed by atoms with Crippen molar-refractivity contribution < 1.29 is 14.6 Å². The first-order valence-corrected chi connectivity index (χ1v) is 6.99. The summed E-state index contributed by atoms with van der Waals surface area (Å²) in [6, 6.07) is 13.7. The minimum atomic E-state index is -0.487. The second kappa shape index (κ2) is 5.89. The van der Waals surface area contributed by atoms with E-state index in [1.165, 1.54) is 30.3 Å². The van der Waals surface area contributed by atoms with Gasteiger partial charge in [-0.1, -0.05) is 18.2 Å². The Labute approximate surface area is 137 Å². The molecule has 0 spiro atoms. The molecule has 0 fully saturated rings. The standard InChI is InChI=1S/C18H12FN3O2/c19-14-4-2-1-3-11(14)12-8-15(22-18(21)13(12)9-20)10-5-6-16(23)17(24)7-10/h1-8,23-24H,(H2,21,22). The molecule has 0 amide bonds. The summed E-state index contributed by atoms with van der Waals surface area (Å²) in [6.45, 7) is 0. The second-order valence-corrected chi connectivity index (χ2v) is 5.11. The largest absolute Gasteiger partial charge is 0.504 e. The van der Waals surface area contributed by atoms with Gasteiger partial charge in [0, 0.05) is 16.7 Å². The minimum Gasteiger partial charge on any atom is -0.504 e. The van der Waals surface area contributed by atoms with Gasteiger partial charge in [-0.25, -0.2) is 9.37 Å². The number of halogens is 1. The van der Waals surface area contributed by atoms with Crippen LogP contribution >= 0.6 is 0 Å². The number of phenols is 2. The summed E-state index contributed by atoms with van der Waals surface area (Å²) < 4.78 is 14.1. The van der Waals surface area contributed by atoms with Crippen molar-refractivity contribution in [2.75, 3.05) is 5.73 Å². The number of anilines is 1. The number of phenolic OH excluding ortho intramolecular Hbond substituents is 2. The molecule has 0 unspecified atom stereocenters. The fourth-order valence-corrected chi connectivity index (χ4v) is 2.41. The van der Waals surface area contributed by atoms with E-state index in [2.05, 4.69) is 4.98 Å². The van der Waals surface area contributed by atoms with Gasteiger partial charge in [-0.05, 0) is 30.3 Å². The Bertz CT molecular complexity index is 980. The predicted octanol–water partition coefficient (Wildman–Crippen LogP) is 3.42. The van der Waals surface area contributed by atoms with Crippen LogP contribution < -0.4 is 5.73 Å². The van der Waals surface area contributed by atoms with Crippen LogP contribution in [0.4, 0.5) is 10.2 Å². The van der Waals surface area contributed by atoms with Crippen LogP contribution in [-0.2, 0) is 0 Å². The third-order valence-corrected chi connectivity index (χ3v) is 3.59. The Balaban J connectivity index is 2.26. The van der Waals surface area contributed by atoms with E-state index < -0.39 is 5.82 Å². The van der Waals surface area contributed by atoms with Crippen molar-refractivity contribution in [3.05, 3.63) is 59.9 Å². The van der Waals surface area contributed by atoms with Crippen LogP contribution in [0.15, 0.2) is 48.5 Å². The van der Waals surface area contributed by atoms with Crippen molar-refractivity contribution in [1.29, 1.82) is 5.26 Å². The fraction of sp³-hybridized carbons (Fsp3) is 0. The highest BCUT2D eigenvalue weighted by Crippen LogP contribution is 2.35. The molecule has 0 radical (unpaired) electrons. The Morgan fingerprint density at radius 2 is 1.75 bits per heavy atom. The van der Waals surface area contributed by atoms with Crippen LogP contribution in [0.25, 0.3) is 22.4 Å². The van der Waals surface area contributed by atoms with Crippen molar-refractivity contribution in [3.8, 4) is 40.0 Å². The SMILES string of the molecule is N#Cc1c(-c2ccccc2F)cc(-c2ccc(O)c(O)c2)nc1N. The number of nitrogens with zero attached hydrogens (tertiary/aromatic N) is 2. The average Bonchev–Trinajstić information content (AvgIpc) is 2.57. The van der Waals surface area contributed by atoms with Crippen LogP contribution in [0.3, 0.4) is 0 Å². The van der Waals surface area contributed by atoms with Gasteiger partial charge in [-0.15, -0.1) is 0 Å². The maximum Gasteiger partial charge on any atom is 0.158 e. The number of hydrogen-bond donors (Lipinski definition) is 3. The molecule has 6 heteroatoms. The molecule has 0 saturated carbocycles. The number of pyridine rings is 1. The predicted molar refractivity (Wildman–Crippen MR) is 87.5 cm³/mol. The van der Waals surface area contributed by atoms with Crippen molar-refractivity contribution >= 4 is 5.82 Å². The number of hydrogen-bond acceptors (Lipinski definition) is 5. The molecular weight excluding hydrogens is 309 g/mol. The summed E-state index contributed by atoms with van der Waals surface area (Å²) in [6.07, 6.45) is 0. The van der Waals surface area contributed by atoms with Gasteiger partial charge in [0.25, 0.3) is 0 Å². The van der Waals surface area contributed by atoms with E-state index >= 15 is 0 Å². The van der Waals surface area contributed by atoms with Gasteiger partial charge in [0.15, 0.2) is 11.5 Å². The van der Waals surface area contributed by atoms with Gasteiger partial charge in [0.2, 0.25) is 0 Å². The molecule has 1 aromatic heterocycles. The third-order valence-electron chi connectivity index (χ3n) is 3.59. The Kier molecular flexibility index (Phi) is 3.76. The van der Waals surface area contributed by atoms with Gasteiger partial charge in [-0.2, -0.15) is 5.26 Å². The molecule has 0 aliphatic carbocycles. The molecule has 1 heterocycles. The molecular formula is C18H12FN3O2. The Morgan fingerprint density at radius 3 is 2.42 bits per heavy atom. The van der Waals surface area contributed by atoms with E-state index in [9.17, 15) is 19.9 Å². The number of aromatic nitrogens is 1. The van der Waals surface area contributed by atoms with Crippen molar-refractivity contribution in [2.24, 2.45) is 0 Å². The Hall–Kier alpha value is -3.59. The summed E-state index contributed by atoms with van der Waals surface area (Å²) in [5, 5.41) is 28.4. The van der Waals surface area contributed by atoms with E-state index in [0.717, 1.165) is 0 Å². The number of aromatic hydroxyl groups is 2. The van der Waals surface area contributed by atoms with Crippen LogP contribution in [0, 0.1) is 17.1 Å². The minimum absolute atomic E-state index is 0.0409. The molecule has 4 N–H and O–H groups in total. The zero-order valence-electron chi connectivity index (χ0n) is 12.4. The fourth-order valence-electron chi connectivity index (χ4n) is 2.41. The molecule has 3 aromatic rings. The quantitative estimate of drug-likeness (QED) is 0.627. The molecule has 0 atom stereocenters. The van der Waals surface area contributed by atoms with E-state index in [4.69, 9.17) is 5.73 Å². The highest BCUT2D eigenvalue weighted by Gasteiger charge is 2.16. The van der Waals surface area contributed by atoms with Gasteiger partial charge in [0.1, 0.15) is 23.3 Å². The van der Waals surface area contributed by atoms with Crippen LogP contribution in [0.1, 0.15) is 5.56 Å². The van der Waals surface area contributed by atoms with Crippen molar-refractivity contribution in [2.45, 2.75) is 0 Å². The van der Waals surface area contributed by atoms with Crippen molar-refractivity contribution in [1.82, 2.24) is 4.98 Å². The smallest absolute Gasteiger partial charge is 0.158 e. The zero-order chi connectivity index (χ0) is 17.3. The monoisotopic (exact) mass is 321 g/mol. The lowest BCUT2D eigenvalue weighted by Crippen LogP contribution is -2.00. The summed E-state index contributed by atoms with van der Waals surface area (Å²) in [4.78, 5) is 4.14. The summed E-state index contributed by atoms with van der Waals surface area (Å²) >= 11 is 0. The van der Waals surface area contributed by atoms with Crippen LogP contribution in [0.5, 0.6) is 11.5 Å². The first kappa shape index (κ1) is 15.3. The molecule has 2 aromatic carbocycles. The summed E-state index contributed by atoms with van der Waals surface area (Å²) in [5.74, 6) is -1.11. The zero-order valence-corrected chi connectivity index (χ0v) is 12.4. The summed E-state index contributed by atoms with van der Waals surface area (Å²) in [5.41, 5.74) is 7.29. The van der Waals surface area contributed by atoms with Gasteiger partial charge >= 0.3 is 0 Å². The Morgan fingerprint density at radius 1 is 1.00 bits per heavy atom. The molecule has 0 bridgehead atoms. The number of benzene rings is 2. The molecule has 118 valence electrons. The first-order chi connectivity index (χ1) is 11.5. The number of nitrogens with two attached hydrogens (primary N) is 1. The maximum absolute atomic E-state index is 14.1. The molecule has 0 aliphatic heterocycles. The molecule has 0 aliphatic rings. The molecule has 5 nitrogen and oxygen atoms in total. The van der Waals surface area contributed by atoms with Gasteiger partial charge in [-0.3, -0.25) is 0 Å². The van der Waals surface area contributed by atoms with Crippen molar-refractivity contribution in [3.63, 3.8) is 0 Å². The highest BCUT2D eigenvalue weighted by atomic mass is 19.1. The maximum atomic E-state index is 14.1. The second-order valence-electron chi connectivity index (χ2n) is 5.11. The lowest BCUT2D eigenvalue weighted by molar-refractivity contribution is 0.404.